The van der Waals surface area contributed by atoms with Gasteiger partial charge in [-0.05, 0) is 18.9 Å². The molecule has 0 heterocycles. The first-order chi connectivity index (χ1) is 10.1. The van der Waals surface area contributed by atoms with E-state index in [0.717, 1.165) is 24.2 Å². The summed E-state index contributed by atoms with van der Waals surface area (Å²) in [4.78, 5) is 11.0. The second-order valence-corrected chi connectivity index (χ2v) is 4.63. The van der Waals surface area contributed by atoms with Gasteiger partial charge in [-0.2, -0.15) is 0 Å². The number of ether oxygens (including phenoxy) is 2. The molecule has 0 aliphatic heterocycles. The zero-order chi connectivity index (χ0) is 15.7. The number of carbonyl (C=O) groups is 1. The van der Waals surface area contributed by atoms with E-state index in [0.29, 0.717) is 12.4 Å². The van der Waals surface area contributed by atoms with Crippen LogP contribution in [-0.4, -0.2) is 18.2 Å². The Bertz CT molecular complexity index is 515. The van der Waals surface area contributed by atoms with Crippen molar-refractivity contribution in [3.05, 3.63) is 59.1 Å². The molecule has 0 aliphatic carbocycles. The van der Waals surface area contributed by atoms with Crippen LogP contribution < -0.4 is 0 Å². The molecule has 0 spiro atoms. The fraction of sp³-hybridized carbons (Fsp3) is 0.353. The van der Waals surface area contributed by atoms with E-state index in [1.807, 2.05) is 37.3 Å². The summed E-state index contributed by atoms with van der Waals surface area (Å²) in [7, 11) is 1.46. The molecule has 0 unspecified atom stereocenters. The van der Waals surface area contributed by atoms with E-state index in [1.165, 1.54) is 14.0 Å². The number of hydrogen-bond acceptors (Lipinski definition) is 3. The minimum atomic E-state index is -0.998. The molecule has 0 saturated carbocycles. The van der Waals surface area contributed by atoms with Crippen LogP contribution in [0.15, 0.2) is 53.5 Å². The molecule has 1 aromatic carbocycles. The highest BCUT2D eigenvalue weighted by molar-refractivity contribution is 5.86. The third-order valence-electron chi connectivity index (χ3n) is 2.97. The van der Waals surface area contributed by atoms with Crippen molar-refractivity contribution in [3.63, 3.8) is 0 Å². The van der Waals surface area contributed by atoms with Gasteiger partial charge in [0, 0.05) is 12.5 Å². The number of carboxylic acids is 1. The van der Waals surface area contributed by atoms with E-state index >= 15 is 0 Å². The smallest absolute Gasteiger partial charge is 0.335 e. The Morgan fingerprint density at radius 3 is 2.48 bits per heavy atom. The van der Waals surface area contributed by atoms with Crippen LogP contribution in [0.2, 0.25) is 0 Å². The van der Waals surface area contributed by atoms with Crippen molar-refractivity contribution in [3.8, 4) is 0 Å². The monoisotopic (exact) mass is 290 g/mol. The van der Waals surface area contributed by atoms with Crippen molar-refractivity contribution in [1.82, 2.24) is 0 Å². The van der Waals surface area contributed by atoms with E-state index < -0.39 is 5.97 Å². The summed E-state index contributed by atoms with van der Waals surface area (Å²) in [5, 5.41) is 9.03. The van der Waals surface area contributed by atoms with E-state index in [-0.39, 0.29) is 5.57 Å². The summed E-state index contributed by atoms with van der Waals surface area (Å²) in [6.45, 7) is 4.01. The van der Waals surface area contributed by atoms with Gasteiger partial charge in [-0.25, -0.2) is 4.79 Å². The average Bonchev–Trinajstić information content (AvgIpc) is 2.50. The SMILES string of the molecule is CCC/C(=C\C(OC)=C(/C)C(=O)O)OCc1ccccc1. The molecule has 114 valence electrons. The van der Waals surface area contributed by atoms with E-state index in [2.05, 4.69) is 0 Å². The maximum atomic E-state index is 11.0. The van der Waals surface area contributed by atoms with Crippen molar-refractivity contribution in [1.29, 1.82) is 0 Å². The lowest BCUT2D eigenvalue weighted by Gasteiger charge is -2.12. The van der Waals surface area contributed by atoms with Crippen LogP contribution in [0, 0.1) is 0 Å². The predicted molar refractivity (Wildman–Crippen MR) is 81.6 cm³/mol. The van der Waals surface area contributed by atoms with Crippen molar-refractivity contribution in [2.75, 3.05) is 7.11 Å². The third kappa shape index (κ3) is 5.73. The lowest BCUT2D eigenvalue weighted by atomic mass is 10.2. The Labute approximate surface area is 125 Å². The molecular weight excluding hydrogens is 268 g/mol. The summed E-state index contributed by atoms with van der Waals surface area (Å²) in [6, 6.07) is 9.83. The summed E-state index contributed by atoms with van der Waals surface area (Å²) < 4.78 is 10.9. The number of aliphatic carboxylic acids is 1. The Balaban J connectivity index is 2.87. The van der Waals surface area contributed by atoms with Crippen LogP contribution in [-0.2, 0) is 20.9 Å². The molecule has 0 radical (unpaired) electrons. The van der Waals surface area contributed by atoms with Crippen molar-refractivity contribution in [2.24, 2.45) is 0 Å². The average molecular weight is 290 g/mol. The van der Waals surface area contributed by atoms with E-state index in [4.69, 9.17) is 14.6 Å². The van der Waals surface area contributed by atoms with Gasteiger partial charge in [0.15, 0.2) is 0 Å². The molecule has 4 nitrogen and oxygen atoms in total. The summed E-state index contributed by atoms with van der Waals surface area (Å²) in [5.41, 5.74) is 1.23. The van der Waals surface area contributed by atoms with Gasteiger partial charge in [0.1, 0.15) is 18.1 Å². The Morgan fingerprint density at radius 1 is 1.29 bits per heavy atom. The first kappa shape index (κ1) is 16.8. The van der Waals surface area contributed by atoms with E-state index in [9.17, 15) is 4.79 Å². The number of benzene rings is 1. The highest BCUT2D eigenvalue weighted by atomic mass is 16.5. The Hall–Kier alpha value is -2.23. The second-order valence-electron chi connectivity index (χ2n) is 4.63. The van der Waals surface area contributed by atoms with Gasteiger partial charge in [-0.3, -0.25) is 0 Å². The van der Waals surface area contributed by atoms with Gasteiger partial charge in [0.05, 0.1) is 12.7 Å². The van der Waals surface area contributed by atoms with E-state index in [1.54, 1.807) is 6.08 Å². The first-order valence-electron chi connectivity index (χ1n) is 6.94. The quantitative estimate of drug-likeness (QED) is 0.448. The molecule has 0 atom stereocenters. The summed E-state index contributed by atoms with van der Waals surface area (Å²) >= 11 is 0. The number of carboxylic acid groups (broad SMARTS) is 1. The minimum Gasteiger partial charge on any atom is -0.496 e. The van der Waals surface area contributed by atoms with Gasteiger partial charge < -0.3 is 14.6 Å². The largest absolute Gasteiger partial charge is 0.496 e. The molecule has 1 aromatic rings. The molecule has 0 amide bonds. The third-order valence-corrected chi connectivity index (χ3v) is 2.97. The fourth-order valence-corrected chi connectivity index (χ4v) is 1.75. The first-order valence-corrected chi connectivity index (χ1v) is 6.94. The molecule has 4 heteroatoms. The molecule has 0 saturated heterocycles. The van der Waals surface area contributed by atoms with Crippen LogP contribution in [0.25, 0.3) is 0 Å². The van der Waals surface area contributed by atoms with Gasteiger partial charge in [0.25, 0.3) is 0 Å². The maximum absolute atomic E-state index is 11.0. The lowest BCUT2D eigenvalue weighted by Crippen LogP contribution is -2.03. The van der Waals surface area contributed by atoms with Gasteiger partial charge in [0.2, 0.25) is 0 Å². The second kappa shape index (κ2) is 8.84. The van der Waals surface area contributed by atoms with Gasteiger partial charge >= 0.3 is 5.97 Å². The predicted octanol–water partition coefficient (Wildman–Crippen LogP) is 3.89. The molecule has 0 bridgehead atoms. The fourth-order valence-electron chi connectivity index (χ4n) is 1.75. The zero-order valence-electron chi connectivity index (χ0n) is 12.8. The normalized spacial score (nSPS) is 12.6. The van der Waals surface area contributed by atoms with Crippen molar-refractivity contribution >= 4 is 5.97 Å². The molecular formula is C17H22O4. The van der Waals surface area contributed by atoms with Gasteiger partial charge in [-0.15, -0.1) is 0 Å². The van der Waals surface area contributed by atoms with Crippen LogP contribution in [0.5, 0.6) is 0 Å². The standard InChI is InChI=1S/C17H22O4/c1-4-8-15(11-16(20-3)13(2)17(18)19)21-12-14-9-6-5-7-10-14/h5-7,9-11H,4,8,12H2,1-3H3,(H,18,19)/b15-11+,16-13-. The maximum Gasteiger partial charge on any atom is 0.335 e. The zero-order valence-corrected chi connectivity index (χ0v) is 12.8. The highest BCUT2D eigenvalue weighted by Gasteiger charge is 2.10. The topological polar surface area (TPSA) is 55.8 Å². The van der Waals surface area contributed by atoms with Crippen molar-refractivity contribution < 1.29 is 19.4 Å². The van der Waals surface area contributed by atoms with Crippen LogP contribution in [0.4, 0.5) is 0 Å². The number of allylic oxidation sites excluding steroid dienone is 2. The minimum absolute atomic E-state index is 0.161. The molecule has 0 aromatic heterocycles. The number of methoxy groups -OCH3 is 1. The summed E-state index contributed by atoms with van der Waals surface area (Å²) in [6.07, 6.45) is 3.30. The Morgan fingerprint density at radius 2 is 1.95 bits per heavy atom. The van der Waals surface area contributed by atoms with Crippen LogP contribution in [0.1, 0.15) is 32.3 Å². The molecule has 0 fully saturated rings. The molecule has 1 rings (SSSR count). The van der Waals surface area contributed by atoms with Gasteiger partial charge in [-0.1, -0.05) is 37.3 Å². The van der Waals surface area contributed by atoms with Crippen molar-refractivity contribution in [2.45, 2.75) is 33.3 Å². The van der Waals surface area contributed by atoms with Crippen LogP contribution in [0.3, 0.4) is 0 Å². The molecule has 21 heavy (non-hydrogen) atoms. The molecule has 1 N–H and O–H groups in total. The lowest BCUT2D eigenvalue weighted by molar-refractivity contribution is -0.132. The molecule has 0 aliphatic rings. The number of rotatable bonds is 8. The number of hydrogen-bond donors (Lipinski definition) is 1. The summed E-state index contributed by atoms with van der Waals surface area (Å²) in [5.74, 6) is 0.0415. The Kier molecular flexibility index (Phi) is 7.09. The highest BCUT2D eigenvalue weighted by Crippen LogP contribution is 2.16. The van der Waals surface area contributed by atoms with Crippen LogP contribution >= 0.6 is 0 Å².